The largest absolute Gasteiger partial charge is 0.317 e. The molecule has 2 heterocycles. The van der Waals surface area contributed by atoms with Gasteiger partial charge in [-0.05, 0) is 25.5 Å². The van der Waals surface area contributed by atoms with Crippen LogP contribution in [0.5, 0.6) is 0 Å². The van der Waals surface area contributed by atoms with Crippen LogP contribution in [0, 0.1) is 6.92 Å². The summed E-state index contributed by atoms with van der Waals surface area (Å²) in [5.74, 6) is 3.33. The number of aryl methyl sites for hydroxylation is 1. The summed E-state index contributed by atoms with van der Waals surface area (Å²) in [6.07, 6.45) is 4.14. The summed E-state index contributed by atoms with van der Waals surface area (Å²) >= 11 is 2.10. The molecule has 0 radical (unpaired) electrons. The first-order chi connectivity index (χ1) is 7.77. The van der Waals surface area contributed by atoms with E-state index in [2.05, 4.69) is 27.3 Å². The van der Waals surface area contributed by atoms with Gasteiger partial charge in [-0.2, -0.15) is 11.8 Å². The van der Waals surface area contributed by atoms with Crippen LogP contribution in [0.25, 0.3) is 0 Å². The first kappa shape index (κ1) is 11.9. The molecule has 0 bridgehead atoms. The summed E-state index contributed by atoms with van der Waals surface area (Å²) in [4.78, 5) is 0. The third-order valence-electron chi connectivity index (χ3n) is 3.11. The van der Waals surface area contributed by atoms with Crippen molar-refractivity contribution in [2.75, 3.05) is 12.3 Å². The molecule has 4 nitrogen and oxygen atoms in total. The van der Waals surface area contributed by atoms with Crippen LogP contribution in [0.4, 0.5) is 0 Å². The maximum Gasteiger partial charge on any atom is 0.146 e. The molecular weight excluding hydrogens is 220 g/mol. The SMILES string of the molecule is Cc1nnc(CNCC2CCCCS2)n1C. The van der Waals surface area contributed by atoms with Gasteiger partial charge in [-0.1, -0.05) is 6.42 Å². The van der Waals surface area contributed by atoms with Crippen molar-refractivity contribution in [1.29, 1.82) is 0 Å². The third-order valence-corrected chi connectivity index (χ3v) is 4.51. The predicted octanol–water partition coefficient (Wildman–Crippen LogP) is 1.50. The quantitative estimate of drug-likeness (QED) is 0.866. The van der Waals surface area contributed by atoms with Crippen LogP contribution in [0.3, 0.4) is 0 Å². The first-order valence-corrected chi connectivity index (χ1v) is 6.99. The normalized spacial score (nSPS) is 21.2. The van der Waals surface area contributed by atoms with Crippen LogP contribution < -0.4 is 5.32 Å². The summed E-state index contributed by atoms with van der Waals surface area (Å²) in [7, 11) is 2.02. The Labute approximate surface area is 101 Å². The topological polar surface area (TPSA) is 42.7 Å². The van der Waals surface area contributed by atoms with E-state index in [0.29, 0.717) is 0 Å². The van der Waals surface area contributed by atoms with E-state index in [9.17, 15) is 0 Å². The molecule has 2 rings (SSSR count). The lowest BCUT2D eigenvalue weighted by Gasteiger charge is -2.21. The Kier molecular flexibility index (Phi) is 4.23. The van der Waals surface area contributed by atoms with Gasteiger partial charge in [0, 0.05) is 18.8 Å². The third kappa shape index (κ3) is 2.98. The number of rotatable bonds is 4. The zero-order chi connectivity index (χ0) is 11.4. The van der Waals surface area contributed by atoms with Gasteiger partial charge in [0.2, 0.25) is 0 Å². The van der Waals surface area contributed by atoms with E-state index in [1.165, 1.54) is 25.0 Å². The van der Waals surface area contributed by atoms with Gasteiger partial charge < -0.3 is 9.88 Å². The van der Waals surface area contributed by atoms with Gasteiger partial charge in [0.15, 0.2) is 0 Å². The van der Waals surface area contributed by atoms with Gasteiger partial charge >= 0.3 is 0 Å². The molecule has 0 aliphatic carbocycles. The molecule has 90 valence electrons. The average molecular weight is 240 g/mol. The minimum Gasteiger partial charge on any atom is -0.317 e. The number of hydrogen-bond acceptors (Lipinski definition) is 4. The van der Waals surface area contributed by atoms with Gasteiger partial charge in [0.05, 0.1) is 6.54 Å². The van der Waals surface area contributed by atoms with Crippen LogP contribution in [-0.4, -0.2) is 32.3 Å². The molecule has 1 aliphatic rings. The Morgan fingerprint density at radius 1 is 1.44 bits per heavy atom. The molecule has 5 heteroatoms. The van der Waals surface area contributed by atoms with E-state index < -0.39 is 0 Å². The van der Waals surface area contributed by atoms with Crippen molar-refractivity contribution in [2.24, 2.45) is 7.05 Å². The smallest absolute Gasteiger partial charge is 0.146 e. The highest BCUT2D eigenvalue weighted by Gasteiger charge is 2.13. The lowest BCUT2D eigenvalue weighted by atomic mass is 10.2. The molecule has 1 N–H and O–H groups in total. The van der Waals surface area contributed by atoms with E-state index in [1.54, 1.807) is 0 Å². The maximum absolute atomic E-state index is 4.14. The molecular formula is C11H20N4S. The second kappa shape index (κ2) is 5.68. The molecule has 1 atom stereocenters. The van der Waals surface area contributed by atoms with Crippen molar-refractivity contribution in [3.63, 3.8) is 0 Å². The van der Waals surface area contributed by atoms with Gasteiger partial charge in [-0.15, -0.1) is 10.2 Å². The van der Waals surface area contributed by atoms with Gasteiger partial charge in [-0.3, -0.25) is 0 Å². The average Bonchev–Trinajstić information content (AvgIpc) is 2.62. The Bertz CT molecular complexity index is 331. The van der Waals surface area contributed by atoms with Crippen LogP contribution in [0.15, 0.2) is 0 Å². The van der Waals surface area contributed by atoms with Crippen LogP contribution in [-0.2, 0) is 13.6 Å². The molecule has 0 spiro atoms. The Balaban J connectivity index is 1.73. The minimum atomic E-state index is 0.795. The van der Waals surface area contributed by atoms with E-state index in [4.69, 9.17) is 0 Å². The molecule has 1 fully saturated rings. The molecule has 0 aromatic carbocycles. The molecule has 1 aliphatic heterocycles. The molecule has 1 saturated heterocycles. The zero-order valence-corrected chi connectivity index (χ0v) is 10.9. The van der Waals surface area contributed by atoms with Crippen molar-refractivity contribution < 1.29 is 0 Å². The van der Waals surface area contributed by atoms with Crippen LogP contribution in [0.1, 0.15) is 30.9 Å². The summed E-state index contributed by atoms with van der Waals surface area (Å²) in [5, 5.41) is 12.5. The highest BCUT2D eigenvalue weighted by Crippen LogP contribution is 2.24. The van der Waals surface area contributed by atoms with Crippen LogP contribution >= 0.6 is 11.8 Å². The summed E-state index contributed by atoms with van der Waals surface area (Å²) in [6.45, 7) is 3.90. The van der Waals surface area contributed by atoms with Crippen molar-refractivity contribution in [3.05, 3.63) is 11.6 Å². The fourth-order valence-electron chi connectivity index (χ4n) is 1.92. The first-order valence-electron chi connectivity index (χ1n) is 5.94. The van der Waals surface area contributed by atoms with Crippen LogP contribution in [0.2, 0.25) is 0 Å². The highest BCUT2D eigenvalue weighted by atomic mass is 32.2. The van der Waals surface area contributed by atoms with E-state index in [-0.39, 0.29) is 0 Å². The number of hydrogen-bond donors (Lipinski definition) is 1. The lowest BCUT2D eigenvalue weighted by molar-refractivity contribution is 0.578. The van der Waals surface area contributed by atoms with E-state index in [0.717, 1.165) is 30.0 Å². The summed E-state index contributed by atoms with van der Waals surface area (Å²) in [6, 6.07) is 0. The summed E-state index contributed by atoms with van der Waals surface area (Å²) in [5.41, 5.74) is 0. The highest BCUT2D eigenvalue weighted by molar-refractivity contribution is 7.99. The lowest BCUT2D eigenvalue weighted by Crippen LogP contribution is -2.27. The summed E-state index contributed by atoms with van der Waals surface area (Å²) < 4.78 is 2.04. The van der Waals surface area contributed by atoms with E-state index >= 15 is 0 Å². The van der Waals surface area contributed by atoms with Gasteiger partial charge in [-0.25, -0.2) is 0 Å². The molecule has 0 saturated carbocycles. The zero-order valence-electron chi connectivity index (χ0n) is 10.1. The predicted molar refractivity (Wildman–Crippen MR) is 67.5 cm³/mol. The van der Waals surface area contributed by atoms with Gasteiger partial charge in [0.1, 0.15) is 11.6 Å². The van der Waals surface area contributed by atoms with Crippen molar-refractivity contribution in [1.82, 2.24) is 20.1 Å². The number of nitrogens with zero attached hydrogens (tertiary/aromatic N) is 3. The molecule has 1 aromatic rings. The maximum atomic E-state index is 4.14. The number of aromatic nitrogens is 3. The second-order valence-corrected chi connectivity index (χ2v) is 5.75. The molecule has 1 unspecified atom stereocenters. The fourth-order valence-corrected chi connectivity index (χ4v) is 3.19. The minimum absolute atomic E-state index is 0.795. The Morgan fingerprint density at radius 3 is 2.94 bits per heavy atom. The number of thioether (sulfide) groups is 1. The number of nitrogens with one attached hydrogen (secondary N) is 1. The van der Waals surface area contributed by atoms with E-state index in [1.807, 2.05) is 18.5 Å². The Morgan fingerprint density at radius 2 is 2.31 bits per heavy atom. The Hall–Kier alpha value is -0.550. The molecule has 1 aromatic heterocycles. The second-order valence-electron chi connectivity index (χ2n) is 4.34. The standard InChI is InChI=1S/C11H20N4S/c1-9-13-14-11(15(9)2)8-12-7-10-5-3-4-6-16-10/h10,12H,3-8H2,1-2H3. The van der Waals surface area contributed by atoms with Crippen molar-refractivity contribution in [2.45, 2.75) is 38.0 Å². The van der Waals surface area contributed by atoms with Crippen molar-refractivity contribution >= 4 is 11.8 Å². The molecule has 16 heavy (non-hydrogen) atoms. The fraction of sp³-hybridized carbons (Fsp3) is 0.818. The van der Waals surface area contributed by atoms with Gasteiger partial charge in [0.25, 0.3) is 0 Å². The monoisotopic (exact) mass is 240 g/mol. The van der Waals surface area contributed by atoms with Crippen molar-refractivity contribution in [3.8, 4) is 0 Å². The molecule has 0 amide bonds.